The number of alkyl halides is 3. The molecule has 0 amide bonds. The fraction of sp³-hybridized carbons (Fsp3) is 0.235. The van der Waals surface area contributed by atoms with E-state index in [1.54, 1.807) is 30.3 Å². The third-order valence-electron chi connectivity index (χ3n) is 3.60. The quantitative estimate of drug-likeness (QED) is 0.725. The number of methoxy groups -OCH3 is 1. The lowest BCUT2D eigenvalue weighted by Crippen LogP contribution is -2.43. The zero-order valence-electron chi connectivity index (χ0n) is 14.0. The van der Waals surface area contributed by atoms with Crippen LogP contribution >= 0.6 is 11.6 Å². The Morgan fingerprint density at radius 2 is 1.81 bits per heavy atom. The molecule has 0 fully saturated rings. The van der Waals surface area contributed by atoms with Crippen LogP contribution in [0.3, 0.4) is 0 Å². The van der Waals surface area contributed by atoms with Crippen LogP contribution in [-0.2, 0) is 32.2 Å². The molecule has 0 heterocycles. The molecule has 2 aromatic carbocycles. The lowest BCUT2D eigenvalue weighted by Gasteiger charge is -2.19. The standard InChI is InChI=1S/C17H15ClF3NO4S/c1-26-16(23)14(9-11-5-3-2-4-6-11)22-27(24,25)15-8-7-12(18)10-13(15)17(19,20)21/h2-8,10,14,22H,9H2,1H3/t14-/m0/s1. The zero-order chi connectivity index (χ0) is 20.2. The van der Waals surface area contributed by atoms with Crippen molar-refractivity contribution in [2.24, 2.45) is 0 Å². The van der Waals surface area contributed by atoms with E-state index in [1.807, 2.05) is 4.72 Å². The molecular formula is C17H15ClF3NO4S. The number of ether oxygens (including phenoxy) is 1. The van der Waals surface area contributed by atoms with Gasteiger partial charge >= 0.3 is 12.1 Å². The van der Waals surface area contributed by atoms with Crippen molar-refractivity contribution in [1.29, 1.82) is 0 Å². The van der Waals surface area contributed by atoms with Crippen molar-refractivity contribution in [3.8, 4) is 0 Å². The largest absolute Gasteiger partial charge is 0.468 e. The van der Waals surface area contributed by atoms with Crippen molar-refractivity contribution in [3.63, 3.8) is 0 Å². The van der Waals surface area contributed by atoms with Gasteiger partial charge in [0.25, 0.3) is 0 Å². The third kappa shape index (κ3) is 5.44. The van der Waals surface area contributed by atoms with Crippen LogP contribution in [0.1, 0.15) is 11.1 Å². The summed E-state index contributed by atoms with van der Waals surface area (Å²) < 4.78 is 71.4. The molecule has 1 atom stereocenters. The topological polar surface area (TPSA) is 72.5 Å². The fourth-order valence-electron chi connectivity index (χ4n) is 2.37. The number of hydrogen-bond acceptors (Lipinski definition) is 4. The SMILES string of the molecule is COC(=O)[C@H](Cc1ccccc1)NS(=O)(=O)c1ccc(Cl)cc1C(F)(F)F. The van der Waals surface area contributed by atoms with Crippen LogP contribution in [-0.4, -0.2) is 27.5 Å². The molecule has 0 bridgehead atoms. The normalized spacial score (nSPS) is 13.2. The second kappa shape index (κ2) is 8.28. The second-order valence-electron chi connectivity index (χ2n) is 5.52. The molecule has 0 saturated heterocycles. The predicted molar refractivity (Wildman–Crippen MR) is 92.7 cm³/mol. The Bertz CT molecular complexity index is 918. The number of carbonyl (C=O) groups is 1. The van der Waals surface area contributed by atoms with Gasteiger partial charge in [0, 0.05) is 5.02 Å². The van der Waals surface area contributed by atoms with Crippen LogP contribution in [0, 0.1) is 0 Å². The highest BCUT2D eigenvalue weighted by Crippen LogP contribution is 2.35. The smallest absolute Gasteiger partial charge is 0.417 e. The van der Waals surface area contributed by atoms with Crippen molar-refractivity contribution in [2.45, 2.75) is 23.5 Å². The molecule has 0 unspecified atom stereocenters. The summed E-state index contributed by atoms with van der Waals surface area (Å²) in [5.41, 5.74) is -0.825. The van der Waals surface area contributed by atoms with E-state index in [2.05, 4.69) is 4.74 Å². The maximum absolute atomic E-state index is 13.2. The highest BCUT2D eigenvalue weighted by molar-refractivity contribution is 7.89. The van der Waals surface area contributed by atoms with Crippen molar-refractivity contribution in [3.05, 3.63) is 64.7 Å². The highest BCUT2D eigenvalue weighted by Gasteiger charge is 2.38. The Balaban J connectivity index is 2.41. The molecule has 0 aliphatic rings. The van der Waals surface area contributed by atoms with Crippen molar-refractivity contribution < 1.29 is 31.1 Å². The Labute approximate surface area is 159 Å². The van der Waals surface area contributed by atoms with Gasteiger partial charge in [-0.1, -0.05) is 41.9 Å². The summed E-state index contributed by atoms with van der Waals surface area (Å²) in [6, 6.07) is 9.25. The zero-order valence-corrected chi connectivity index (χ0v) is 15.5. The van der Waals surface area contributed by atoms with Gasteiger partial charge in [-0.2, -0.15) is 17.9 Å². The lowest BCUT2D eigenvalue weighted by atomic mass is 10.1. The van der Waals surface area contributed by atoms with Gasteiger partial charge in [-0.15, -0.1) is 0 Å². The summed E-state index contributed by atoms with van der Waals surface area (Å²) >= 11 is 5.57. The van der Waals surface area contributed by atoms with Crippen molar-refractivity contribution in [2.75, 3.05) is 7.11 Å². The first-order valence-corrected chi connectivity index (χ1v) is 9.41. The van der Waals surface area contributed by atoms with E-state index in [1.165, 1.54) is 0 Å². The maximum atomic E-state index is 13.2. The predicted octanol–water partition coefficient (Wildman–Crippen LogP) is 3.42. The molecule has 0 aliphatic carbocycles. The molecule has 0 aliphatic heterocycles. The first-order valence-electron chi connectivity index (χ1n) is 7.55. The summed E-state index contributed by atoms with van der Waals surface area (Å²) in [5, 5.41) is -0.268. The molecule has 10 heteroatoms. The summed E-state index contributed by atoms with van der Waals surface area (Å²) in [6.07, 6.45) is -5.04. The number of rotatable bonds is 6. The van der Waals surface area contributed by atoms with Crippen LogP contribution < -0.4 is 4.72 Å². The average molecular weight is 422 g/mol. The molecule has 146 valence electrons. The van der Waals surface area contributed by atoms with Gasteiger partial charge in [0.1, 0.15) is 6.04 Å². The molecule has 0 saturated carbocycles. The number of nitrogens with one attached hydrogen (secondary N) is 1. The van der Waals surface area contributed by atoms with Gasteiger partial charge in [-0.3, -0.25) is 4.79 Å². The van der Waals surface area contributed by atoms with Gasteiger partial charge in [0.15, 0.2) is 0 Å². The first-order chi connectivity index (χ1) is 12.5. The van der Waals surface area contributed by atoms with Crippen LogP contribution in [0.25, 0.3) is 0 Å². The number of esters is 1. The number of sulfonamides is 1. The van der Waals surface area contributed by atoms with E-state index in [-0.39, 0.29) is 11.4 Å². The molecule has 2 rings (SSSR count). The molecule has 0 aromatic heterocycles. The van der Waals surface area contributed by atoms with Crippen LogP contribution in [0.2, 0.25) is 5.02 Å². The molecular weight excluding hydrogens is 407 g/mol. The van der Waals surface area contributed by atoms with E-state index in [4.69, 9.17) is 11.6 Å². The van der Waals surface area contributed by atoms with Gasteiger partial charge in [0.05, 0.1) is 17.6 Å². The lowest BCUT2D eigenvalue weighted by molar-refractivity contribution is -0.142. The van der Waals surface area contributed by atoms with Gasteiger partial charge in [0.2, 0.25) is 10.0 Å². The fourth-order valence-corrected chi connectivity index (χ4v) is 3.94. The number of carbonyl (C=O) groups excluding carboxylic acids is 1. The van der Waals surface area contributed by atoms with E-state index in [0.717, 1.165) is 19.2 Å². The van der Waals surface area contributed by atoms with Gasteiger partial charge < -0.3 is 4.74 Å². The Morgan fingerprint density at radius 3 is 2.37 bits per heavy atom. The van der Waals surface area contributed by atoms with E-state index < -0.39 is 38.7 Å². The van der Waals surface area contributed by atoms with Crippen molar-refractivity contribution in [1.82, 2.24) is 4.72 Å². The summed E-state index contributed by atoms with van der Waals surface area (Å²) in [7, 11) is -3.64. The van der Waals surface area contributed by atoms with Gasteiger partial charge in [-0.25, -0.2) is 8.42 Å². The molecule has 1 N–H and O–H groups in total. The number of hydrogen-bond donors (Lipinski definition) is 1. The Morgan fingerprint density at radius 1 is 1.19 bits per heavy atom. The Kier molecular flexibility index (Phi) is 6.50. The monoisotopic (exact) mass is 421 g/mol. The van der Waals surface area contributed by atoms with Crippen LogP contribution in [0.4, 0.5) is 13.2 Å². The Hall–Kier alpha value is -2.10. The summed E-state index contributed by atoms with van der Waals surface area (Å²) in [4.78, 5) is 10.9. The van der Waals surface area contributed by atoms with Crippen LogP contribution in [0.15, 0.2) is 53.4 Å². The molecule has 27 heavy (non-hydrogen) atoms. The number of benzene rings is 2. The van der Waals surface area contributed by atoms with Gasteiger partial charge in [-0.05, 0) is 30.2 Å². The highest BCUT2D eigenvalue weighted by atomic mass is 35.5. The van der Waals surface area contributed by atoms with E-state index >= 15 is 0 Å². The maximum Gasteiger partial charge on any atom is 0.417 e. The minimum Gasteiger partial charge on any atom is -0.468 e. The van der Waals surface area contributed by atoms with E-state index in [9.17, 15) is 26.4 Å². The first kappa shape index (κ1) is 21.2. The second-order valence-corrected chi connectivity index (χ2v) is 7.64. The molecule has 5 nitrogen and oxygen atoms in total. The number of halogens is 4. The summed E-state index contributed by atoms with van der Waals surface area (Å²) in [5.74, 6) is -0.926. The van der Waals surface area contributed by atoms with Crippen LogP contribution in [0.5, 0.6) is 0 Å². The minimum atomic E-state index is -4.95. The third-order valence-corrected chi connectivity index (χ3v) is 5.37. The molecule has 0 radical (unpaired) electrons. The summed E-state index contributed by atoms with van der Waals surface area (Å²) in [6.45, 7) is 0. The van der Waals surface area contributed by atoms with Crippen molar-refractivity contribution >= 4 is 27.6 Å². The minimum absolute atomic E-state index is 0.0956. The molecule has 2 aromatic rings. The average Bonchev–Trinajstić information content (AvgIpc) is 2.60. The van der Waals surface area contributed by atoms with E-state index in [0.29, 0.717) is 11.6 Å². The molecule has 0 spiro atoms.